The van der Waals surface area contributed by atoms with Crippen molar-refractivity contribution in [1.29, 1.82) is 5.26 Å². The van der Waals surface area contributed by atoms with Gasteiger partial charge in [0, 0.05) is 15.7 Å². The molecule has 0 heterocycles. The van der Waals surface area contributed by atoms with Crippen LogP contribution in [0.1, 0.15) is 23.6 Å². The fourth-order valence-corrected chi connectivity index (χ4v) is 4.01. The molecule has 0 spiro atoms. The third-order valence-corrected chi connectivity index (χ3v) is 5.94. The van der Waals surface area contributed by atoms with Crippen LogP contribution >= 0.6 is 39.1 Å². The van der Waals surface area contributed by atoms with Gasteiger partial charge in [0.2, 0.25) is 0 Å². The highest BCUT2D eigenvalue weighted by Crippen LogP contribution is 2.38. The van der Waals surface area contributed by atoms with Gasteiger partial charge in [0.25, 0.3) is 5.91 Å². The highest BCUT2D eigenvalue weighted by Gasteiger charge is 2.15. The zero-order valence-corrected chi connectivity index (χ0v) is 21.6. The number of rotatable bonds is 8. The van der Waals surface area contributed by atoms with Crippen LogP contribution in [0.2, 0.25) is 10.0 Å². The minimum atomic E-state index is -0.544. The van der Waals surface area contributed by atoms with Crippen molar-refractivity contribution in [2.24, 2.45) is 0 Å². The summed E-state index contributed by atoms with van der Waals surface area (Å²) in [5, 5.41) is 13.4. The van der Waals surface area contributed by atoms with Gasteiger partial charge in [-0.25, -0.2) is 0 Å². The molecule has 0 saturated heterocycles. The van der Waals surface area contributed by atoms with Crippen LogP contribution < -0.4 is 14.8 Å². The number of nitriles is 1. The van der Waals surface area contributed by atoms with E-state index in [0.717, 1.165) is 11.1 Å². The Hall–Kier alpha value is -2.98. The first-order valence-corrected chi connectivity index (χ1v) is 11.9. The first kappa shape index (κ1) is 25.6. The van der Waals surface area contributed by atoms with E-state index in [4.69, 9.17) is 32.7 Å². The monoisotopic (exact) mass is 558 g/mol. The molecule has 0 fully saturated rings. The van der Waals surface area contributed by atoms with E-state index in [-0.39, 0.29) is 5.57 Å². The van der Waals surface area contributed by atoms with Crippen LogP contribution in [0.15, 0.2) is 64.6 Å². The molecule has 3 aromatic carbocycles. The Labute approximate surface area is 217 Å². The zero-order valence-electron chi connectivity index (χ0n) is 18.5. The molecule has 0 saturated carbocycles. The molecule has 0 atom stereocenters. The van der Waals surface area contributed by atoms with Crippen molar-refractivity contribution in [2.75, 3.05) is 11.9 Å². The Morgan fingerprint density at radius 2 is 1.94 bits per heavy atom. The largest absolute Gasteiger partial charge is 0.490 e. The molecule has 174 valence electrons. The maximum Gasteiger partial charge on any atom is 0.266 e. The number of ether oxygens (including phenoxy) is 2. The van der Waals surface area contributed by atoms with Crippen LogP contribution in [-0.4, -0.2) is 12.5 Å². The second-order valence-corrected chi connectivity index (χ2v) is 8.97. The average molecular weight is 560 g/mol. The molecule has 34 heavy (non-hydrogen) atoms. The average Bonchev–Trinajstić information content (AvgIpc) is 2.79. The Kier molecular flexibility index (Phi) is 9.00. The van der Waals surface area contributed by atoms with E-state index in [9.17, 15) is 10.1 Å². The van der Waals surface area contributed by atoms with E-state index < -0.39 is 5.91 Å². The molecular weight excluding hydrogens is 539 g/mol. The number of amides is 1. The van der Waals surface area contributed by atoms with Gasteiger partial charge in [-0.3, -0.25) is 4.79 Å². The summed E-state index contributed by atoms with van der Waals surface area (Å²) in [6.45, 7) is 4.43. The van der Waals surface area contributed by atoms with Gasteiger partial charge < -0.3 is 14.8 Å². The number of hydrogen-bond acceptors (Lipinski definition) is 4. The van der Waals surface area contributed by atoms with Crippen LogP contribution in [-0.2, 0) is 11.4 Å². The third-order valence-electron chi connectivity index (χ3n) is 4.71. The minimum absolute atomic E-state index is 0.0707. The Morgan fingerprint density at radius 3 is 2.62 bits per heavy atom. The number of nitrogens with zero attached hydrogens (tertiary/aromatic N) is 1. The topological polar surface area (TPSA) is 71.3 Å². The summed E-state index contributed by atoms with van der Waals surface area (Å²) in [4.78, 5) is 12.7. The Bertz CT molecular complexity index is 1290. The van der Waals surface area contributed by atoms with E-state index in [0.29, 0.717) is 50.5 Å². The van der Waals surface area contributed by atoms with Gasteiger partial charge in [0.1, 0.15) is 18.2 Å². The van der Waals surface area contributed by atoms with Crippen LogP contribution in [0.5, 0.6) is 11.5 Å². The number of halogens is 3. The van der Waals surface area contributed by atoms with Gasteiger partial charge in [-0.15, -0.1) is 0 Å². The molecule has 0 aromatic heterocycles. The smallest absolute Gasteiger partial charge is 0.266 e. The summed E-state index contributed by atoms with van der Waals surface area (Å²) < 4.78 is 12.4. The molecule has 0 radical (unpaired) electrons. The standard InChI is InChI=1S/C26H21BrCl2N2O3/c1-3-33-24-12-18(11-22(27)25(24)34-15-17-5-4-6-20(28)10-17)9-19(14-30)26(32)31-21-8-7-16(2)23(29)13-21/h4-13H,3,15H2,1-2H3,(H,31,32)/b19-9+. The molecule has 3 aromatic rings. The molecular formula is C26H21BrCl2N2O3. The second kappa shape index (κ2) is 11.9. The number of anilines is 1. The molecule has 1 N–H and O–H groups in total. The van der Waals surface area contributed by atoms with Crippen LogP contribution in [0.3, 0.4) is 0 Å². The van der Waals surface area contributed by atoms with E-state index in [1.54, 1.807) is 36.4 Å². The van der Waals surface area contributed by atoms with Gasteiger partial charge in [-0.2, -0.15) is 5.26 Å². The van der Waals surface area contributed by atoms with Crippen LogP contribution in [0.25, 0.3) is 6.08 Å². The van der Waals surface area contributed by atoms with Crippen molar-refractivity contribution in [3.8, 4) is 17.6 Å². The quantitative estimate of drug-likeness (QED) is 0.228. The normalized spacial score (nSPS) is 11.0. The highest BCUT2D eigenvalue weighted by atomic mass is 79.9. The number of benzene rings is 3. The summed E-state index contributed by atoms with van der Waals surface area (Å²) in [5.41, 5.74) is 2.83. The number of aryl methyl sites for hydroxylation is 1. The Morgan fingerprint density at radius 1 is 1.15 bits per heavy atom. The minimum Gasteiger partial charge on any atom is -0.490 e. The molecule has 0 aliphatic carbocycles. The molecule has 0 unspecified atom stereocenters. The Balaban J connectivity index is 1.85. The first-order chi connectivity index (χ1) is 16.3. The predicted molar refractivity (Wildman–Crippen MR) is 140 cm³/mol. The maximum atomic E-state index is 12.7. The first-order valence-electron chi connectivity index (χ1n) is 10.3. The van der Waals surface area contributed by atoms with Crippen molar-refractivity contribution in [3.05, 3.63) is 91.4 Å². The number of nitrogens with one attached hydrogen (secondary N) is 1. The van der Waals surface area contributed by atoms with Gasteiger partial charge in [-0.05, 0) is 88.9 Å². The number of hydrogen-bond donors (Lipinski definition) is 1. The lowest BCUT2D eigenvalue weighted by Crippen LogP contribution is -2.13. The van der Waals surface area contributed by atoms with Crippen molar-refractivity contribution in [1.82, 2.24) is 0 Å². The SMILES string of the molecule is CCOc1cc(/C=C(\C#N)C(=O)Nc2ccc(C)c(Cl)c2)cc(Br)c1OCc1cccc(Cl)c1. The molecule has 3 rings (SSSR count). The zero-order chi connectivity index (χ0) is 24.7. The second-order valence-electron chi connectivity index (χ2n) is 7.27. The van der Waals surface area contributed by atoms with Gasteiger partial charge in [0.05, 0.1) is 11.1 Å². The van der Waals surface area contributed by atoms with Gasteiger partial charge in [-0.1, -0.05) is 41.4 Å². The lowest BCUT2D eigenvalue weighted by Gasteiger charge is -2.15. The van der Waals surface area contributed by atoms with Crippen molar-refractivity contribution in [2.45, 2.75) is 20.5 Å². The van der Waals surface area contributed by atoms with E-state index in [1.165, 1.54) is 6.08 Å². The molecule has 8 heteroatoms. The molecule has 0 aliphatic rings. The molecule has 1 amide bonds. The third kappa shape index (κ3) is 6.77. The van der Waals surface area contributed by atoms with Crippen molar-refractivity contribution < 1.29 is 14.3 Å². The summed E-state index contributed by atoms with van der Waals surface area (Å²) in [7, 11) is 0. The summed E-state index contributed by atoms with van der Waals surface area (Å²) >= 11 is 15.7. The summed E-state index contributed by atoms with van der Waals surface area (Å²) in [6, 6.07) is 18.0. The van der Waals surface area contributed by atoms with E-state index in [1.807, 2.05) is 38.1 Å². The fourth-order valence-electron chi connectivity index (χ4n) is 3.04. The predicted octanol–water partition coefficient (Wildman–Crippen LogP) is 7.59. The summed E-state index contributed by atoms with van der Waals surface area (Å²) in [5.74, 6) is 0.446. The lowest BCUT2D eigenvalue weighted by atomic mass is 10.1. The molecule has 0 aliphatic heterocycles. The maximum absolute atomic E-state index is 12.7. The van der Waals surface area contributed by atoms with E-state index >= 15 is 0 Å². The number of carbonyl (C=O) groups excluding carboxylic acids is 1. The fraction of sp³-hybridized carbons (Fsp3) is 0.154. The van der Waals surface area contributed by atoms with Crippen molar-refractivity contribution in [3.63, 3.8) is 0 Å². The van der Waals surface area contributed by atoms with Crippen molar-refractivity contribution >= 4 is 56.8 Å². The van der Waals surface area contributed by atoms with Crippen LogP contribution in [0, 0.1) is 18.3 Å². The van der Waals surface area contributed by atoms with Gasteiger partial charge >= 0.3 is 0 Å². The highest BCUT2D eigenvalue weighted by molar-refractivity contribution is 9.10. The molecule has 0 bridgehead atoms. The molecule has 5 nitrogen and oxygen atoms in total. The van der Waals surface area contributed by atoms with E-state index in [2.05, 4.69) is 21.2 Å². The van der Waals surface area contributed by atoms with Gasteiger partial charge in [0.15, 0.2) is 11.5 Å². The number of carbonyl (C=O) groups is 1. The summed E-state index contributed by atoms with van der Waals surface area (Å²) in [6.07, 6.45) is 1.49. The lowest BCUT2D eigenvalue weighted by molar-refractivity contribution is -0.112. The van der Waals surface area contributed by atoms with Crippen LogP contribution in [0.4, 0.5) is 5.69 Å².